The van der Waals surface area contributed by atoms with Gasteiger partial charge in [-0.15, -0.1) is 0 Å². The van der Waals surface area contributed by atoms with Gasteiger partial charge in [0, 0.05) is 32.1 Å². The van der Waals surface area contributed by atoms with E-state index < -0.39 is 0 Å². The lowest BCUT2D eigenvalue weighted by Gasteiger charge is -2.37. The number of hydrogen-bond donors (Lipinski definition) is 0. The molecule has 0 N–H and O–H groups in total. The van der Waals surface area contributed by atoms with Gasteiger partial charge in [0.05, 0.1) is 5.56 Å². The number of hydrogen-bond acceptors (Lipinski definition) is 4. The van der Waals surface area contributed by atoms with Gasteiger partial charge >= 0.3 is 0 Å². The molecule has 1 amide bonds. The third kappa shape index (κ3) is 3.42. The monoisotopic (exact) mass is 363 g/mol. The second-order valence-electron chi connectivity index (χ2n) is 7.47. The number of piperazine rings is 1. The molecule has 2 aromatic rings. The Morgan fingerprint density at radius 1 is 1.04 bits per heavy atom. The lowest BCUT2D eigenvalue weighted by atomic mass is 10.1. The molecule has 0 atom stereocenters. The first-order valence-corrected chi connectivity index (χ1v) is 9.53. The van der Waals surface area contributed by atoms with Crippen molar-refractivity contribution >= 4 is 17.4 Å². The normalized spacial score (nSPS) is 16.2. The van der Waals surface area contributed by atoms with E-state index in [0.29, 0.717) is 0 Å². The fourth-order valence-corrected chi connectivity index (χ4v) is 3.58. The van der Waals surface area contributed by atoms with Crippen LogP contribution >= 0.6 is 0 Å². The first-order chi connectivity index (χ1) is 13.0. The van der Waals surface area contributed by atoms with Crippen LogP contribution in [-0.4, -0.2) is 47.7 Å². The van der Waals surface area contributed by atoms with Crippen molar-refractivity contribution in [3.63, 3.8) is 0 Å². The molecular formula is C22H25N3O2. The van der Waals surface area contributed by atoms with Gasteiger partial charge in [0.15, 0.2) is 5.75 Å². The summed E-state index contributed by atoms with van der Waals surface area (Å²) in [5.74, 6) is 2.78. The van der Waals surface area contributed by atoms with E-state index in [1.54, 1.807) is 0 Å². The molecule has 0 radical (unpaired) electrons. The topological polar surface area (TPSA) is 45.1 Å². The van der Waals surface area contributed by atoms with E-state index in [-0.39, 0.29) is 11.8 Å². The van der Waals surface area contributed by atoms with Gasteiger partial charge in [-0.05, 0) is 31.2 Å². The van der Waals surface area contributed by atoms with E-state index in [4.69, 9.17) is 9.73 Å². The van der Waals surface area contributed by atoms with Gasteiger partial charge in [0.2, 0.25) is 5.91 Å². The van der Waals surface area contributed by atoms with Crippen molar-refractivity contribution in [2.75, 3.05) is 26.2 Å². The van der Waals surface area contributed by atoms with Crippen LogP contribution in [0.4, 0.5) is 5.69 Å². The average molecular weight is 363 g/mol. The fourth-order valence-electron chi connectivity index (χ4n) is 3.58. The summed E-state index contributed by atoms with van der Waals surface area (Å²) in [5, 5.41) is 0. The molecule has 5 nitrogen and oxygen atoms in total. The minimum Gasteiger partial charge on any atom is -0.454 e. The van der Waals surface area contributed by atoms with Crippen LogP contribution in [0.5, 0.6) is 11.5 Å². The third-order valence-electron chi connectivity index (χ3n) is 5.07. The summed E-state index contributed by atoms with van der Waals surface area (Å²) < 4.78 is 6.16. The van der Waals surface area contributed by atoms with Crippen molar-refractivity contribution in [2.24, 2.45) is 10.9 Å². The minimum absolute atomic E-state index is 0.0374. The molecular weight excluding hydrogens is 338 g/mol. The highest BCUT2D eigenvalue weighted by Gasteiger charge is 2.28. The van der Waals surface area contributed by atoms with Crippen LogP contribution in [0.25, 0.3) is 0 Å². The van der Waals surface area contributed by atoms with Gasteiger partial charge in [-0.25, -0.2) is 4.99 Å². The lowest BCUT2D eigenvalue weighted by molar-refractivity contribution is -0.135. The van der Waals surface area contributed by atoms with E-state index >= 15 is 0 Å². The molecule has 4 rings (SSSR count). The Hall–Kier alpha value is -2.82. The first kappa shape index (κ1) is 17.6. The number of amidine groups is 1. The van der Waals surface area contributed by atoms with Gasteiger partial charge < -0.3 is 14.5 Å². The predicted molar refractivity (Wildman–Crippen MR) is 107 cm³/mol. The molecule has 0 aromatic heterocycles. The molecule has 2 heterocycles. The number of carbonyl (C=O) groups is 1. The zero-order chi connectivity index (χ0) is 19.0. The lowest BCUT2D eigenvalue weighted by Crippen LogP contribution is -2.51. The molecule has 27 heavy (non-hydrogen) atoms. The molecule has 1 saturated heterocycles. The van der Waals surface area contributed by atoms with Gasteiger partial charge in [-0.2, -0.15) is 0 Å². The van der Waals surface area contributed by atoms with Crippen molar-refractivity contribution < 1.29 is 9.53 Å². The largest absolute Gasteiger partial charge is 0.454 e. The molecule has 140 valence electrons. The minimum atomic E-state index is 0.0374. The average Bonchev–Trinajstić information content (AvgIpc) is 2.84. The SMILES string of the molecule is Cc1ccc2c(c1)C(N1CCN(C(=O)C(C)C)CC1)=Nc1ccccc1O2. The number of aliphatic imine (C=N–C) groups is 1. The van der Waals surface area contributed by atoms with Gasteiger partial charge in [-0.3, -0.25) is 4.79 Å². The zero-order valence-electron chi connectivity index (χ0n) is 16.1. The first-order valence-electron chi connectivity index (χ1n) is 9.53. The Morgan fingerprint density at radius 3 is 2.52 bits per heavy atom. The van der Waals surface area contributed by atoms with Gasteiger partial charge in [-0.1, -0.05) is 37.6 Å². The summed E-state index contributed by atoms with van der Waals surface area (Å²) >= 11 is 0. The maximum atomic E-state index is 12.3. The third-order valence-corrected chi connectivity index (χ3v) is 5.07. The summed E-state index contributed by atoms with van der Waals surface area (Å²) in [4.78, 5) is 21.5. The van der Waals surface area contributed by atoms with Crippen molar-refractivity contribution in [3.05, 3.63) is 53.6 Å². The van der Waals surface area contributed by atoms with E-state index in [1.165, 1.54) is 5.56 Å². The number of benzene rings is 2. The Balaban J connectivity index is 1.68. The Morgan fingerprint density at radius 2 is 1.78 bits per heavy atom. The Kier molecular flexibility index (Phi) is 4.60. The highest BCUT2D eigenvalue weighted by Crippen LogP contribution is 2.38. The zero-order valence-corrected chi connectivity index (χ0v) is 16.1. The molecule has 5 heteroatoms. The van der Waals surface area contributed by atoms with Crippen molar-refractivity contribution in [1.29, 1.82) is 0 Å². The quantitative estimate of drug-likeness (QED) is 0.770. The molecule has 0 saturated carbocycles. The number of amides is 1. The summed E-state index contributed by atoms with van der Waals surface area (Å²) in [6.45, 7) is 8.98. The highest BCUT2D eigenvalue weighted by atomic mass is 16.5. The molecule has 2 aliphatic rings. The smallest absolute Gasteiger partial charge is 0.225 e. The molecule has 0 aliphatic carbocycles. The summed E-state index contributed by atoms with van der Waals surface area (Å²) in [6, 6.07) is 14.1. The van der Waals surface area contributed by atoms with E-state index in [2.05, 4.69) is 24.0 Å². The number of rotatable bonds is 1. The van der Waals surface area contributed by atoms with Crippen LogP contribution in [0.3, 0.4) is 0 Å². The maximum Gasteiger partial charge on any atom is 0.225 e. The van der Waals surface area contributed by atoms with Crippen molar-refractivity contribution in [3.8, 4) is 11.5 Å². The van der Waals surface area contributed by atoms with E-state index in [9.17, 15) is 4.79 Å². The van der Waals surface area contributed by atoms with Crippen LogP contribution in [0.2, 0.25) is 0 Å². The van der Waals surface area contributed by atoms with Crippen LogP contribution in [0, 0.1) is 12.8 Å². The number of ether oxygens (including phenoxy) is 1. The number of aryl methyl sites for hydroxylation is 1. The number of fused-ring (bicyclic) bond motifs is 2. The van der Waals surface area contributed by atoms with Gasteiger partial charge in [0.25, 0.3) is 0 Å². The standard InChI is InChI=1S/C22H25N3O2/c1-15(2)22(26)25-12-10-24(11-13-25)21-17-14-16(3)8-9-19(17)27-20-7-5-4-6-18(20)23-21/h4-9,14-15H,10-13H2,1-3H3. The predicted octanol–water partition coefficient (Wildman–Crippen LogP) is 3.98. The van der Waals surface area contributed by atoms with Crippen LogP contribution in [0.15, 0.2) is 47.5 Å². The summed E-state index contributed by atoms with van der Waals surface area (Å²) in [7, 11) is 0. The maximum absolute atomic E-state index is 12.3. The second-order valence-corrected chi connectivity index (χ2v) is 7.47. The molecule has 0 unspecified atom stereocenters. The second kappa shape index (κ2) is 7.06. The molecule has 0 spiro atoms. The summed E-state index contributed by atoms with van der Waals surface area (Å²) in [6.07, 6.45) is 0. The highest BCUT2D eigenvalue weighted by molar-refractivity contribution is 6.04. The molecule has 2 aromatic carbocycles. The van der Waals surface area contributed by atoms with Crippen molar-refractivity contribution in [1.82, 2.24) is 9.80 Å². The van der Waals surface area contributed by atoms with E-state index in [0.717, 1.165) is 54.8 Å². The van der Waals surface area contributed by atoms with Crippen molar-refractivity contribution in [2.45, 2.75) is 20.8 Å². The van der Waals surface area contributed by atoms with Crippen LogP contribution in [-0.2, 0) is 4.79 Å². The number of carbonyl (C=O) groups excluding carboxylic acids is 1. The number of nitrogens with zero attached hydrogens (tertiary/aromatic N) is 3. The molecule has 0 bridgehead atoms. The Bertz CT molecular complexity index is 896. The van der Waals surface area contributed by atoms with Gasteiger partial charge in [0.1, 0.15) is 17.3 Å². The molecule has 2 aliphatic heterocycles. The fraction of sp³-hybridized carbons (Fsp3) is 0.364. The van der Waals surface area contributed by atoms with E-state index in [1.807, 2.05) is 49.1 Å². The summed E-state index contributed by atoms with van der Waals surface area (Å²) in [5.41, 5.74) is 3.02. The van der Waals surface area contributed by atoms with Crippen LogP contribution in [0.1, 0.15) is 25.0 Å². The Labute approximate surface area is 160 Å². The van der Waals surface area contributed by atoms with Crippen LogP contribution < -0.4 is 4.74 Å². The number of para-hydroxylation sites is 2. The molecule has 1 fully saturated rings.